The Morgan fingerprint density at radius 1 is 1.38 bits per heavy atom. The van der Waals surface area contributed by atoms with Gasteiger partial charge in [-0.3, -0.25) is 4.57 Å². The largest absolute Gasteiger partial charge is 0.315 e. The van der Waals surface area contributed by atoms with E-state index in [1.165, 1.54) is 0 Å². The predicted octanol–water partition coefficient (Wildman–Crippen LogP) is 3.25. The van der Waals surface area contributed by atoms with Gasteiger partial charge in [0.15, 0.2) is 0 Å². The number of rotatable bonds is 4. The van der Waals surface area contributed by atoms with Crippen LogP contribution >= 0.6 is 7.52 Å². The van der Waals surface area contributed by atoms with Crippen molar-refractivity contribution >= 4 is 7.52 Å². The molecule has 1 atom stereocenters. The second-order valence-corrected chi connectivity index (χ2v) is 5.95. The van der Waals surface area contributed by atoms with Gasteiger partial charge in [-0.05, 0) is 12.5 Å². The summed E-state index contributed by atoms with van der Waals surface area (Å²) in [6, 6.07) is 10.0. The zero-order valence-corrected chi connectivity index (χ0v) is 10.3. The first kappa shape index (κ1) is 11.6. The highest BCUT2D eigenvalue weighted by Crippen LogP contribution is 2.55. The highest BCUT2D eigenvalue weighted by Gasteiger charge is 2.31. The topological polar surface area (TPSA) is 29.5 Å². The molecule has 0 fully saturated rings. The minimum Gasteiger partial charge on any atom is -0.315 e. The van der Waals surface area contributed by atoms with Gasteiger partial charge in [0.25, 0.3) is 7.52 Å². The fourth-order valence-electron chi connectivity index (χ4n) is 1.78. The van der Waals surface area contributed by atoms with E-state index < -0.39 is 7.52 Å². The van der Waals surface area contributed by atoms with Crippen molar-refractivity contribution in [3.8, 4) is 0 Å². The quantitative estimate of drug-likeness (QED) is 0.753. The molecule has 1 aromatic carbocycles. The van der Waals surface area contributed by atoms with Gasteiger partial charge in [0, 0.05) is 18.9 Å². The Hall–Kier alpha value is -0.890. The molecular weight excluding hydrogens is 221 g/mol. The molecule has 3 nitrogen and oxygen atoms in total. The summed E-state index contributed by atoms with van der Waals surface area (Å²) in [6.07, 6.45) is 1.92. The van der Waals surface area contributed by atoms with Gasteiger partial charge in [-0.1, -0.05) is 36.4 Å². The van der Waals surface area contributed by atoms with Gasteiger partial charge in [-0.25, -0.2) is 4.67 Å². The van der Waals surface area contributed by atoms with E-state index in [1.54, 1.807) is 5.82 Å². The van der Waals surface area contributed by atoms with E-state index in [0.29, 0.717) is 19.7 Å². The molecule has 0 spiro atoms. The molecule has 0 N–H and O–H groups in total. The first-order chi connectivity index (χ1) is 7.74. The highest BCUT2D eigenvalue weighted by atomic mass is 31.2. The van der Waals surface area contributed by atoms with Crippen molar-refractivity contribution in [1.82, 2.24) is 4.67 Å². The van der Waals surface area contributed by atoms with Crippen LogP contribution in [-0.2, 0) is 15.6 Å². The van der Waals surface area contributed by atoms with Crippen molar-refractivity contribution in [3.63, 3.8) is 0 Å². The Morgan fingerprint density at radius 3 is 2.81 bits per heavy atom. The summed E-state index contributed by atoms with van der Waals surface area (Å²) < 4.78 is 19.6. The van der Waals surface area contributed by atoms with Crippen molar-refractivity contribution in [2.24, 2.45) is 0 Å². The second kappa shape index (κ2) is 4.96. The van der Waals surface area contributed by atoms with Crippen LogP contribution < -0.4 is 0 Å². The van der Waals surface area contributed by atoms with Crippen LogP contribution in [0.1, 0.15) is 12.5 Å². The van der Waals surface area contributed by atoms with Crippen LogP contribution in [-0.4, -0.2) is 17.8 Å². The van der Waals surface area contributed by atoms with Gasteiger partial charge in [-0.2, -0.15) is 0 Å². The minimum absolute atomic E-state index is 0.479. The molecule has 1 aliphatic heterocycles. The van der Waals surface area contributed by atoms with Crippen molar-refractivity contribution in [2.75, 3.05) is 13.2 Å². The molecule has 1 heterocycles. The molecule has 0 amide bonds. The number of hydrogen-bond acceptors (Lipinski definition) is 2. The SMILES string of the molecule is CCOP1(=O)C=CCN1Cc1ccccc1. The number of nitrogens with zero attached hydrogens (tertiary/aromatic N) is 1. The van der Waals surface area contributed by atoms with E-state index >= 15 is 0 Å². The van der Waals surface area contributed by atoms with Gasteiger partial charge in [0.1, 0.15) is 0 Å². The number of hydrogen-bond donors (Lipinski definition) is 0. The first-order valence-corrected chi connectivity index (χ1v) is 7.10. The molecule has 1 aromatic rings. The molecule has 4 heteroatoms. The van der Waals surface area contributed by atoms with Gasteiger partial charge in [-0.15, -0.1) is 0 Å². The lowest BCUT2D eigenvalue weighted by molar-refractivity contribution is 0.289. The van der Waals surface area contributed by atoms with Gasteiger partial charge >= 0.3 is 0 Å². The van der Waals surface area contributed by atoms with Crippen LogP contribution in [0.3, 0.4) is 0 Å². The molecule has 1 aliphatic rings. The third-order valence-electron chi connectivity index (χ3n) is 2.53. The normalized spacial score (nSPS) is 25.1. The van der Waals surface area contributed by atoms with Crippen LogP contribution in [0.5, 0.6) is 0 Å². The Bertz CT molecular complexity index is 416. The molecule has 0 aliphatic carbocycles. The molecule has 0 bridgehead atoms. The smallest absolute Gasteiger partial charge is 0.295 e. The van der Waals surface area contributed by atoms with E-state index in [2.05, 4.69) is 0 Å². The maximum absolute atomic E-state index is 12.4. The van der Waals surface area contributed by atoms with E-state index in [-0.39, 0.29) is 0 Å². The van der Waals surface area contributed by atoms with Crippen LogP contribution in [0, 0.1) is 0 Å². The third kappa shape index (κ3) is 2.43. The second-order valence-electron chi connectivity index (χ2n) is 3.70. The van der Waals surface area contributed by atoms with Crippen LogP contribution in [0.4, 0.5) is 0 Å². The number of benzene rings is 1. The fraction of sp³-hybridized carbons (Fsp3) is 0.333. The summed E-state index contributed by atoms with van der Waals surface area (Å²) >= 11 is 0. The summed E-state index contributed by atoms with van der Waals surface area (Å²) in [5, 5.41) is 0. The van der Waals surface area contributed by atoms with Gasteiger partial charge in [0.05, 0.1) is 6.61 Å². The predicted molar refractivity (Wildman–Crippen MR) is 65.2 cm³/mol. The minimum atomic E-state index is -2.69. The Balaban J connectivity index is 2.09. The van der Waals surface area contributed by atoms with Crippen LogP contribution in [0.15, 0.2) is 42.2 Å². The monoisotopic (exact) mass is 237 g/mol. The highest BCUT2D eigenvalue weighted by molar-refractivity contribution is 7.60. The lowest BCUT2D eigenvalue weighted by Gasteiger charge is -2.23. The van der Waals surface area contributed by atoms with E-state index in [1.807, 2.05) is 48.0 Å². The van der Waals surface area contributed by atoms with Crippen molar-refractivity contribution in [2.45, 2.75) is 13.5 Å². The zero-order chi connectivity index (χ0) is 11.4. The standard InChI is InChI=1S/C12H16NO2P/c1-2-15-16(14)10-6-9-13(16)11-12-7-4-3-5-8-12/h3-8,10H,2,9,11H2,1H3. The average molecular weight is 237 g/mol. The Labute approximate surface area is 96.2 Å². The molecular formula is C12H16NO2P. The van der Waals surface area contributed by atoms with Gasteiger partial charge < -0.3 is 4.52 Å². The molecule has 2 rings (SSSR count). The summed E-state index contributed by atoms with van der Waals surface area (Å²) in [7, 11) is -2.69. The summed E-state index contributed by atoms with van der Waals surface area (Å²) in [4.78, 5) is 0. The molecule has 1 unspecified atom stereocenters. The third-order valence-corrected chi connectivity index (χ3v) is 4.84. The van der Waals surface area contributed by atoms with E-state index in [0.717, 1.165) is 5.56 Å². The summed E-state index contributed by atoms with van der Waals surface area (Å²) in [6.45, 7) is 3.72. The maximum Gasteiger partial charge on any atom is 0.295 e. The Kier molecular flexibility index (Phi) is 3.59. The molecule has 0 saturated heterocycles. The molecule has 86 valence electrons. The Morgan fingerprint density at radius 2 is 2.12 bits per heavy atom. The molecule has 0 aromatic heterocycles. The first-order valence-electron chi connectivity index (χ1n) is 5.46. The van der Waals surface area contributed by atoms with E-state index in [4.69, 9.17) is 4.52 Å². The summed E-state index contributed by atoms with van der Waals surface area (Å²) in [5.41, 5.74) is 1.16. The van der Waals surface area contributed by atoms with Crippen molar-refractivity contribution < 1.29 is 9.09 Å². The summed E-state index contributed by atoms with van der Waals surface area (Å²) in [5.74, 6) is 1.71. The maximum atomic E-state index is 12.4. The molecule has 0 saturated carbocycles. The lowest BCUT2D eigenvalue weighted by atomic mass is 10.2. The fourth-order valence-corrected chi connectivity index (χ4v) is 3.63. The molecule has 16 heavy (non-hydrogen) atoms. The van der Waals surface area contributed by atoms with Crippen molar-refractivity contribution in [3.05, 3.63) is 47.8 Å². The van der Waals surface area contributed by atoms with E-state index in [9.17, 15) is 4.57 Å². The van der Waals surface area contributed by atoms with Crippen LogP contribution in [0.25, 0.3) is 0 Å². The van der Waals surface area contributed by atoms with Gasteiger partial charge in [0.2, 0.25) is 0 Å². The zero-order valence-electron chi connectivity index (χ0n) is 9.37. The molecule has 0 radical (unpaired) electrons. The van der Waals surface area contributed by atoms with Crippen LogP contribution in [0.2, 0.25) is 0 Å². The lowest BCUT2D eigenvalue weighted by Crippen LogP contribution is -2.17. The van der Waals surface area contributed by atoms with Crippen molar-refractivity contribution in [1.29, 1.82) is 0 Å². The average Bonchev–Trinajstić information content (AvgIpc) is 2.62.